The molecular formula is C14H22O4. The molecule has 1 rings (SSSR count). The lowest BCUT2D eigenvalue weighted by Crippen LogP contribution is -2.02. The summed E-state index contributed by atoms with van der Waals surface area (Å²) in [5, 5.41) is 19.7. The monoisotopic (exact) mass is 254 g/mol. The van der Waals surface area contributed by atoms with Crippen LogP contribution in [0.2, 0.25) is 0 Å². The van der Waals surface area contributed by atoms with Gasteiger partial charge in [0.2, 0.25) is 0 Å². The molecule has 0 saturated carbocycles. The zero-order chi connectivity index (χ0) is 13.5. The molecule has 0 atom stereocenters. The first-order chi connectivity index (χ1) is 8.65. The molecule has 0 aliphatic heterocycles. The van der Waals surface area contributed by atoms with Crippen molar-refractivity contribution in [3.63, 3.8) is 0 Å². The van der Waals surface area contributed by atoms with E-state index in [0.717, 1.165) is 12.8 Å². The average molecular weight is 254 g/mol. The molecule has 0 saturated heterocycles. The van der Waals surface area contributed by atoms with Crippen LogP contribution in [0.3, 0.4) is 0 Å². The Morgan fingerprint density at radius 2 is 1.72 bits per heavy atom. The van der Waals surface area contributed by atoms with E-state index in [0.29, 0.717) is 36.7 Å². The van der Waals surface area contributed by atoms with Gasteiger partial charge in [-0.05, 0) is 26.7 Å². The molecule has 18 heavy (non-hydrogen) atoms. The second kappa shape index (κ2) is 6.99. The average Bonchev–Trinajstić information content (AvgIpc) is 2.35. The van der Waals surface area contributed by atoms with Crippen molar-refractivity contribution in [3.05, 3.63) is 11.6 Å². The first kappa shape index (κ1) is 14.5. The summed E-state index contributed by atoms with van der Waals surface area (Å²) < 4.78 is 11.0. The third kappa shape index (κ3) is 3.22. The van der Waals surface area contributed by atoms with Gasteiger partial charge in [-0.15, -0.1) is 0 Å². The highest BCUT2D eigenvalue weighted by atomic mass is 16.5. The zero-order valence-electron chi connectivity index (χ0n) is 11.3. The minimum absolute atomic E-state index is 0.102. The smallest absolute Gasteiger partial charge is 0.168 e. The molecule has 0 aromatic heterocycles. The van der Waals surface area contributed by atoms with Crippen molar-refractivity contribution in [1.29, 1.82) is 0 Å². The van der Waals surface area contributed by atoms with E-state index in [-0.39, 0.29) is 11.5 Å². The maximum absolute atomic E-state index is 9.94. The summed E-state index contributed by atoms with van der Waals surface area (Å²) >= 11 is 0. The standard InChI is InChI=1S/C14H22O4/c1-4-7-8-10-13(16)11(15)9-12(17-5-2)14(10)18-6-3/h9,15-16H,4-8H2,1-3H3. The molecule has 0 aliphatic rings. The molecule has 1 aromatic carbocycles. The van der Waals surface area contributed by atoms with Crippen molar-refractivity contribution in [2.45, 2.75) is 40.0 Å². The van der Waals surface area contributed by atoms with E-state index >= 15 is 0 Å². The first-order valence-electron chi connectivity index (χ1n) is 6.49. The number of ether oxygens (including phenoxy) is 2. The van der Waals surface area contributed by atoms with Crippen LogP contribution >= 0.6 is 0 Å². The molecule has 2 N–H and O–H groups in total. The predicted octanol–water partition coefficient (Wildman–Crippen LogP) is 3.24. The molecule has 1 aromatic rings. The number of benzene rings is 1. The number of unbranched alkanes of at least 4 members (excludes halogenated alkanes) is 1. The fourth-order valence-corrected chi connectivity index (χ4v) is 1.82. The molecule has 0 radical (unpaired) electrons. The van der Waals surface area contributed by atoms with E-state index in [1.165, 1.54) is 6.07 Å². The SMILES string of the molecule is CCCCc1c(O)c(O)cc(OCC)c1OCC. The Morgan fingerprint density at radius 1 is 1.06 bits per heavy atom. The summed E-state index contributed by atoms with van der Waals surface area (Å²) in [6.07, 6.45) is 2.58. The topological polar surface area (TPSA) is 58.9 Å². The summed E-state index contributed by atoms with van der Waals surface area (Å²) in [7, 11) is 0. The van der Waals surface area contributed by atoms with Gasteiger partial charge >= 0.3 is 0 Å². The molecular weight excluding hydrogens is 232 g/mol. The molecule has 0 amide bonds. The predicted molar refractivity (Wildman–Crippen MR) is 70.7 cm³/mol. The van der Waals surface area contributed by atoms with Gasteiger partial charge in [-0.3, -0.25) is 0 Å². The lowest BCUT2D eigenvalue weighted by atomic mass is 10.0. The van der Waals surface area contributed by atoms with Crippen LogP contribution in [0.5, 0.6) is 23.0 Å². The number of hydrogen-bond donors (Lipinski definition) is 2. The van der Waals surface area contributed by atoms with E-state index in [2.05, 4.69) is 6.92 Å². The third-order valence-electron chi connectivity index (χ3n) is 2.66. The third-order valence-corrected chi connectivity index (χ3v) is 2.66. The van der Waals surface area contributed by atoms with Crippen LogP contribution in [-0.4, -0.2) is 23.4 Å². The van der Waals surface area contributed by atoms with Crippen LogP contribution in [0.4, 0.5) is 0 Å². The van der Waals surface area contributed by atoms with Crippen LogP contribution in [0, 0.1) is 0 Å². The summed E-state index contributed by atoms with van der Waals surface area (Å²) in [5.41, 5.74) is 0.627. The van der Waals surface area contributed by atoms with E-state index in [1.807, 2.05) is 13.8 Å². The summed E-state index contributed by atoms with van der Waals surface area (Å²) in [4.78, 5) is 0. The minimum atomic E-state index is -0.159. The minimum Gasteiger partial charge on any atom is -0.504 e. The molecule has 4 heteroatoms. The van der Waals surface area contributed by atoms with Crippen molar-refractivity contribution in [2.24, 2.45) is 0 Å². The molecule has 0 bridgehead atoms. The van der Waals surface area contributed by atoms with E-state index in [1.54, 1.807) is 0 Å². The summed E-state index contributed by atoms with van der Waals surface area (Å²) in [5.74, 6) is 0.771. The lowest BCUT2D eigenvalue weighted by molar-refractivity contribution is 0.279. The maximum atomic E-state index is 9.94. The second-order valence-corrected chi connectivity index (χ2v) is 4.02. The van der Waals surface area contributed by atoms with Gasteiger partial charge in [-0.25, -0.2) is 0 Å². The Labute approximate surface area is 108 Å². The highest BCUT2D eigenvalue weighted by molar-refractivity contribution is 5.60. The zero-order valence-corrected chi connectivity index (χ0v) is 11.3. The number of rotatable bonds is 7. The lowest BCUT2D eigenvalue weighted by Gasteiger charge is -2.17. The fraction of sp³-hybridized carbons (Fsp3) is 0.571. The van der Waals surface area contributed by atoms with Gasteiger partial charge in [0.05, 0.1) is 13.2 Å². The van der Waals surface area contributed by atoms with Crippen molar-refractivity contribution < 1.29 is 19.7 Å². The quantitative estimate of drug-likeness (QED) is 0.733. The van der Waals surface area contributed by atoms with Crippen LogP contribution in [0.1, 0.15) is 39.2 Å². The van der Waals surface area contributed by atoms with Gasteiger partial charge in [-0.2, -0.15) is 0 Å². The van der Waals surface area contributed by atoms with Crippen molar-refractivity contribution in [3.8, 4) is 23.0 Å². The summed E-state index contributed by atoms with van der Waals surface area (Å²) in [6.45, 7) is 6.79. The summed E-state index contributed by atoms with van der Waals surface area (Å²) in [6, 6.07) is 1.40. The highest BCUT2D eigenvalue weighted by Gasteiger charge is 2.19. The Hall–Kier alpha value is -1.58. The molecule has 102 valence electrons. The Balaban J connectivity index is 3.22. The maximum Gasteiger partial charge on any atom is 0.168 e. The van der Waals surface area contributed by atoms with E-state index < -0.39 is 0 Å². The molecule has 0 fully saturated rings. The molecule has 0 unspecified atom stereocenters. The van der Waals surface area contributed by atoms with E-state index in [9.17, 15) is 10.2 Å². The van der Waals surface area contributed by atoms with Crippen molar-refractivity contribution in [2.75, 3.05) is 13.2 Å². The van der Waals surface area contributed by atoms with Crippen molar-refractivity contribution >= 4 is 0 Å². The van der Waals surface area contributed by atoms with Gasteiger partial charge < -0.3 is 19.7 Å². The normalized spacial score (nSPS) is 10.4. The highest BCUT2D eigenvalue weighted by Crippen LogP contribution is 2.44. The fourth-order valence-electron chi connectivity index (χ4n) is 1.82. The van der Waals surface area contributed by atoms with Crippen LogP contribution in [0.25, 0.3) is 0 Å². The number of hydrogen-bond acceptors (Lipinski definition) is 4. The Bertz CT molecular complexity index is 388. The molecule has 0 aliphatic carbocycles. The van der Waals surface area contributed by atoms with Gasteiger partial charge in [0.15, 0.2) is 23.0 Å². The van der Waals surface area contributed by atoms with Crippen molar-refractivity contribution in [1.82, 2.24) is 0 Å². The van der Waals surface area contributed by atoms with Gasteiger partial charge in [0.25, 0.3) is 0 Å². The second-order valence-electron chi connectivity index (χ2n) is 4.02. The van der Waals surface area contributed by atoms with Gasteiger partial charge in [0.1, 0.15) is 0 Å². The van der Waals surface area contributed by atoms with Crippen LogP contribution in [0.15, 0.2) is 6.07 Å². The number of phenols is 2. The largest absolute Gasteiger partial charge is 0.504 e. The Kier molecular flexibility index (Phi) is 5.62. The van der Waals surface area contributed by atoms with Crippen LogP contribution in [-0.2, 0) is 6.42 Å². The first-order valence-corrected chi connectivity index (χ1v) is 6.49. The molecule has 0 spiro atoms. The Morgan fingerprint density at radius 3 is 2.28 bits per heavy atom. The van der Waals surface area contributed by atoms with Crippen LogP contribution < -0.4 is 9.47 Å². The number of phenolic OH excluding ortho intramolecular Hbond substituents is 2. The van der Waals surface area contributed by atoms with Gasteiger partial charge in [0, 0.05) is 11.6 Å². The molecule has 0 heterocycles. The van der Waals surface area contributed by atoms with E-state index in [4.69, 9.17) is 9.47 Å². The number of aromatic hydroxyl groups is 2. The van der Waals surface area contributed by atoms with Gasteiger partial charge in [-0.1, -0.05) is 13.3 Å². The molecule has 4 nitrogen and oxygen atoms in total.